The van der Waals surface area contributed by atoms with Gasteiger partial charge in [-0.1, -0.05) is 6.07 Å². The Balaban J connectivity index is 0.000000673. The normalized spacial score (nSPS) is 8.75. The molecule has 0 aliphatic heterocycles. The molecule has 16 heavy (non-hydrogen) atoms. The Morgan fingerprint density at radius 3 is 2.06 bits per heavy atom. The van der Waals surface area contributed by atoms with Gasteiger partial charge in [-0.05, 0) is 17.7 Å². The molecular formula is C12H18O4. The third kappa shape index (κ3) is 4.79. The maximum atomic E-state index is 10.3. The summed E-state index contributed by atoms with van der Waals surface area (Å²) in [5, 5.41) is 0. The molecule has 0 aliphatic rings. The van der Waals surface area contributed by atoms with Crippen molar-refractivity contribution < 1.29 is 19.0 Å². The molecule has 0 heterocycles. The molecule has 0 bridgehead atoms. The molecule has 0 atom stereocenters. The fourth-order valence-corrected chi connectivity index (χ4v) is 1.10. The Bertz CT molecular complexity index is 310. The molecule has 90 valence electrons. The van der Waals surface area contributed by atoms with Gasteiger partial charge in [-0.15, -0.1) is 0 Å². The number of hydrogen-bond acceptors (Lipinski definition) is 4. The number of aldehydes is 1. The minimum absolute atomic E-state index is 0.403. The summed E-state index contributed by atoms with van der Waals surface area (Å²) >= 11 is 0. The van der Waals surface area contributed by atoms with Crippen LogP contribution in [0.4, 0.5) is 0 Å². The summed E-state index contributed by atoms with van der Waals surface area (Å²) in [7, 11) is 6.40. The summed E-state index contributed by atoms with van der Waals surface area (Å²) in [6, 6.07) is 5.43. The quantitative estimate of drug-likeness (QED) is 0.733. The minimum Gasteiger partial charge on any atom is -0.493 e. The first-order valence-electron chi connectivity index (χ1n) is 4.78. The first-order chi connectivity index (χ1) is 7.73. The topological polar surface area (TPSA) is 44.8 Å². The van der Waals surface area contributed by atoms with Gasteiger partial charge in [0.2, 0.25) is 0 Å². The summed E-state index contributed by atoms with van der Waals surface area (Å²) in [6.45, 7) is 0. The van der Waals surface area contributed by atoms with Gasteiger partial charge >= 0.3 is 0 Å². The fourth-order valence-electron chi connectivity index (χ4n) is 1.10. The zero-order valence-electron chi connectivity index (χ0n) is 10.1. The molecule has 1 aromatic rings. The molecule has 0 aromatic heterocycles. The molecule has 1 rings (SSSR count). The summed E-state index contributed by atoms with van der Waals surface area (Å²) in [5.41, 5.74) is 0.924. The van der Waals surface area contributed by atoms with Crippen LogP contribution in [0.3, 0.4) is 0 Å². The van der Waals surface area contributed by atoms with E-state index in [1.54, 1.807) is 40.6 Å². The largest absolute Gasteiger partial charge is 0.493 e. The van der Waals surface area contributed by atoms with Gasteiger partial charge < -0.3 is 19.0 Å². The summed E-state index contributed by atoms with van der Waals surface area (Å²) in [6.07, 6.45) is 1.27. The van der Waals surface area contributed by atoms with Crippen molar-refractivity contribution >= 4 is 6.29 Å². The van der Waals surface area contributed by atoms with Crippen LogP contribution in [0.5, 0.6) is 11.5 Å². The Labute approximate surface area is 96.1 Å². The van der Waals surface area contributed by atoms with Gasteiger partial charge in [-0.2, -0.15) is 0 Å². The van der Waals surface area contributed by atoms with Crippen LogP contribution in [0.1, 0.15) is 5.56 Å². The lowest BCUT2D eigenvalue weighted by Gasteiger charge is -2.07. The molecule has 0 amide bonds. The molecule has 0 unspecified atom stereocenters. The van der Waals surface area contributed by atoms with Gasteiger partial charge in [0.25, 0.3) is 0 Å². The number of methoxy groups -OCH3 is 3. The second kappa shape index (κ2) is 8.73. The van der Waals surface area contributed by atoms with Crippen molar-refractivity contribution in [2.75, 3.05) is 28.4 Å². The van der Waals surface area contributed by atoms with Crippen molar-refractivity contribution in [2.24, 2.45) is 0 Å². The van der Waals surface area contributed by atoms with Crippen molar-refractivity contribution in [1.82, 2.24) is 0 Å². The Morgan fingerprint density at radius 1 is 1.06 bits per heavy atom. The number of rotatable bonds is 4. The third-order valence-corrected chi connectivity index (χ3v) is 1.77. The molecule has 4 heteroatoms. The minimum atomic E-state index is 0.403. The highest BCUT2D eigenvalue weighted by Gasteiger charge is 2.03. The lowest BCUT2D eigenvalue weighted by molar-refractivity contribution is -0.107. The number of carbonyl (C=O) groups excluding carboxylic acids is 1. The smallest absolute Gasteiger partial charge is 0.161 e. The summed E-state index contributed by atoms with van der Waals surface area (Å²) < 4.78 is 14.4. The van der Waals surface area contributed by atoms with E-state index in [1.165, 1.54) is 0 Å². The first-order valence-corrected chi connectivity index (χ1v) is 4.78. The van der Waals surface area contributed by atoms with Crippen LogP contribution in [0.2, 0.25) is 0 Å². The first kappa shape index (κ1) is 14.5. The number of carbonyl (C=O) groups is 1. The molecule has 0 N–H and O–H groups in total. The van der Waals surface area contributed by atoms with Gasteiger partial charge in [0.1, 0.15) is 6.29 Å². The van der Waals surface area contributed by atoms with Crippen molar-refractivity contribution in [1.29, 1.82) is 0 Å². The molecule has 0 fully saturated rings. The van der Waals surface area contributed by atoms with Crippen LogP contribution in [-0.4, -0.2) is 34.7 Å². The molecule has 0 saturated carbocycles. The van der Waals surface area contributed by atoms with Gasteiger partial charge in [-0.25, -0.2) is 0 Å². The van der Waals surface area contributed by atoms with Gasteiger partial charge in [-0.3, -0.25) is 0 Å². The van der Waals surface area contributed by atoms with Gasteiger partial charge in [0.05, 0.1) is 14.2 Å². The van der Waals surface area contributed by atoms with Crippen LogP contribution < -0.4 is 9.47 Å². The highest BCUT2D eigenvalue weighted by Crippen LogP contribution is 2.27. The highest BCUT2D eigenvalue weighted by molar-refractivity contribution is 5.56. The fraction of sp³-hybridized carbons (Fsp3) is 0.417. The molecule has 0 spiro atoms. The number of benzene rings is 1. The van der Waals surface area contributed by atoms with Crippen molar-refractivity contribution in [3.8, 4) is 11.5 Å². The van der Waals surface area contributed by atoms with E-state index in [2.05, 4.69) is 4.74 Å². The molecule has 0 saturated heterocycles. The van der Waals surface area contributed by atoms with Crippen molar-refractivity contribution in [2.45, 2.75) is 6.42 Å². The zero-order chi connectivity index (χ0) is 12.4. The molecule has 4 nitrogen and oxygen atoms in total. The Hall–Kier alpha value is -1.55. The zero-order valence-corrected chi connectivity index (χ0v) is 10.1. The molecule has 0 aliphatic carbocycles. The second-order valence-electron chi connectivity index (χ2n) is 2.97. The maximum Gasteiger partial charge on any atom is 0.161 e. The van der Waals surface area contributed by atoms with Crippen LogP contribution in [0.15, 0.2) is 18.2 Å². The summed E-state index contributed by atoms with van der Waals surface area (Å²) in [4.78, 5) is 10.3. The van der Waals surface area contributed by atoms with E-state index in [1.807, 2.05) is 6.07 Å². The van der Waals surface area contributed by atoms with E-state index >= 15 is 0 Å². The predicted octanol–water partition coefficient (Wildman–Crippen LogP) is 1.71. The Kier molecular flexibility index (Phi) is 7.89. The van der Waals surface area contributed by atoms with E-state index < -0.39 is 0 Å². The lowest BCUT2D eigenvalue weighted by Crippen LogP contribution is -1.93. The predicted molar refractivity (Wildman–Crippen MR) is 62.2 cm³/mol. The van der Waals surface area contributed by atoms with E-state index in [4.69, 9.17) is 9.47 Å². The van der Waals surface area contributed by atoms with Crippen LogP contribution >= 0.6 is 0 Å². The van der Waals surface area contributed by atoms with Crippen molar-refractivity contribution in [3.05, 3.63) is 23.8 Å². The summed E-state index contributed by atoms with van der Waals surface area (Å²) in [5.74, 6) is 1.33. The monoisotopic (exact) mass is 226 g/mol. The van der Waals surface area contributed by atoms with Gasteiger partial charge in [0, 0.05) is 20.6 Å². The number of ether oxygens (including phenoxy) is 3. The lowest BCUT2D eigenvalue weighted by atomic mass is 10.1. The van der Waals surface area contributed by atoms with Crippen LogP contribution in [0, 0.1) is 0 Å². The average molecular weight is 226 g/mol. The van der Waals surface area contributed by atoms with Crippen LogP contribution in [-0.2, 0) is 16.0 Å². The highest BCUT2D eigenvalue weighted by atomic mass is 16.5. The van der Waals surface area contributed by atoms with Crippen molar-refractivity contribution in [3.63, 3.8) is 0 Å². The average Bonchev–Trinajstić information content (AvgIpc) is 2.30. The maximum absolute atomic E-state index is 10.3. The molecule has 1 aromatic carbocycles. The van der Waals surface area contributed by atoms with E-state index in [9.17, 15) is 4.79 Å². The standard InChI is InChI=1S/C10H12O3.C2H6O/c1-12-9-4-3-8(5-6-11)7-10(9)13-2;1-3-2/h3-4,6-7H,5H2,1-2H3;1-2H3. The van der Waals surface area contributed by atoms with E-state index in [-0.39, 0.29) is 0 Å². The van der Waals surface area contributed by atoms with E-state index in [0.717, 1.165) is 11.8 Å². The third-order valence-electron chi connectivity index (χ3n) is 1.77. The van der Waals surface area contributed by atoms with E-state index in [0.29, 0.717) is 17.9 Å². The molecule has 0 radical (unpaired) electrons. The van der Waals surface area contributed by atoms with Gasteiger partial charge in [0.15, 0.2) is 11.5 Å². The van der Waals surface area contributed by atoms with Crippen LogP contribution in [0.25, 0.3) is 0 Å². The Morgan fingerprint density at radius 2 is 1.62 bits per heavy atom. The SMILES string of the molecule is COC.COc1ccc(CC=O)cc1OC. The second-order valence-corrected chi connectivity index (χ2v) is 2.97. The molecular weight excluding hydrogens is 208 g/mol. The number of hydrogen-bond donors (Lipinski definition) is 0.